The van der Waals surface area contributed by atoms with Gasteiger partial charge in [0.1, 0.15) is 30.3 Å². The maximum absolute atomic E-state index is 13.8. The van der Waals surface area contributed by atoms with Crippen molar-refractivity contribution < 1.29 is 33.8 Å². The third-order valence-electron chi connectivity index (χ3n) is 6.25. The standard InChI is InChI=1S/C27H30N2O7/c1-27(2,3)36-23(30)16-28-19-12-8-7-9-17(19)13-14-20(24(28)31)29-21(25(32)33)15-22(35-26(29)34)18-10-5-4-6-11-18/h4-12,20-22H,13-16H2,1-3H3,(H,32,33). The molecule has 36 heavy (non-hydrogen) atoms. The van der Waals surface area contributed by atoms with Gasteiger partial charge in [0.15, 0.2) is 0 Å². The van der Waals surface area contributed by atoms with Crippen LogP contribution in [-0.2, 0) is 30.3 Å². The minimum Gasteiger partial charge on any atom is -0.480 e. The first kappa shape index (κ1) is 25.2. The highest BCUT2D eigenvalue weighted by Crippen LogP contribution is 2.36. The number of para-hydroxylation sites is 1. The quantitative estimate of drug-likeness (QED) is 0.631. The summed E-state index contributed by atoms with van der Waals surface area (Å²) in [5, 5.41) is 10.0. The van der Waals surface area contributed by atoms with Crippen molar-refractivity contribution in [3.8, 4) is 0 Å². The second-order valence-electron chi connectivity index (χ2n) is 9.97. The highest BCUT2D eigenvalue weighted by molar-refractivity contribution is 6.03. The number of carbonyl (C=O) groups is 4. The van der Waals surface area contributed by atoms with E-state index >= 15 is 0 Å². The number of rotatable bonds is 5. The summed E-state index contributed by atoms with van der Waals surface area (Å²) in [4.78, 5) is 54.4. The molecule has 3 unspecified atom stereocenters. The van der Waals surface area contributed by atoms with Crippen molar-refractivity contribution in [3.05, 3.63) is 65.7 Å². The summed E-state index contributed by atoms with van der Waals surface area (Å²) in [6.07, 6.45) is -1.02. The number of fused-ring (bicyclic) bond motifs is 1. The van der Waals surface area contributed by atoms with Crippen molar-refractivity contribution in [2.45, 2.75) is 63.8 Å². The first-order valence-electron chi connectivity index (χ1n) is 11.9. The van der Waals surface area contributed by atoms with Gasteiger partial charge in [0.25, 0.3) is 5.91 Å². The zero-order chi connectivity index (χ0) is 26.0. The van der Waals surface area contributed by atoms with Crippen molar-refractivity contribution >= 4 is 29.6 Å². The van der Waals surface area contributed by atoms with Crippen LogP contribution in [0.25, 0.3) is 0 Å². The van der Waals surface area contributed by atoms with Crippen LogP contribution in [0.4, 0.5) is 10.5 Å². The van der Waals surface area contributed by atoms with Crippen molar-refractivity contribution in [3.63, 3.8) is 0 Å². The van der Waals surface area contributed by atoms with Gasteiger partial charge in [-0.1, -0.05) is 48.5 Å². The lowest BCUT2D eigenvalue weighted by atomic mass is 9.96. The third-order valence-corrected chi connectivity index (χ3v) is 6.25. The summed E-state index contributed by atoms with van der Waals surface area (Å²) in [5.74, 6) is -2.38. The topological polar surface area (TPSA) is 113 Å². The number of carboxylic acid groups (broad SMARTS) is 1. The fraction of sp³-hybridized carbons (Fsp3) is 0.407. The molecule has 0 aliphatic carbocycles. The van der Waals surface area contributed by atoms with Crippen LogP contribution in [0, 0.1) is 0 Å². The molecule has 1 N–H and O–H groups in total. The number of carbonyl (C=O) groups excluding carboxylic acids is 3. The smallest absolute Gasteiger partial charge is 0.411 e. The minimum absolute atomic E-state index is 0.00607. The number of carboxylic acids is 1. The number of anilines is 1. The number of esters is 1. The van der Waals surface area contributed by atoms with E-state index in [2.05, 4.69) is 0 Å². The van der Waals surface area contributed by atoms with Gasteiger partial charge in [0.2, 0.25) is 0 Å². The molecule has 9 nitrogen and oxygen atoms in total. The van der Waals surface area contributed by atoms with Crippen LogP contribution < -0.4 is 4.90 Å². The van der Waals surface area contributed by atoms with E-state index in [1.807, 2.05) is 18.2 Å². The Morgan fingerprint density at radius 1 is 1.06 bits per heavy atom. The number of benzene rings is 2. The first-order chi connectivity index (χ1) is 17.0. The van der Waals surface area contributed by atoms with E-state index in [0.717, 1.165) is 10.5 Å². The van der Waals surface area contributed by atoms with Gasteiger partial charge in [-0.15, -0.1) is 0 Å². The van der Waals surface area contributed by atoms with E-state index in [1.165, 1.54) is 4.90 Å². The highest BCUT2D eigenvalue weighted by Gasteiger charge is 2.48. The van der Waals surface area contributed by atoms with E-state index < -0.39 is 47.7 Å². The first-order valence-corrected chi connectivity index (χ1v) is 11.9. The van der Waals surface area contributed by atoms with E-state index in [9.17, 15) is 24.3 Å². The Balaban J connectivity index is 1.66. The molecule has 2 aromatic rings. The Labute approximate surface area is 209 Å². The fourth-order valence-electron chi connectivity index (χ4n) is 4.73. The maximum atomic E-state index is 13.8. The fourth-order valence-corrected chi connectivity index (χ4v) is 4.73. The van der Waals surface area contributed by atoms with Crippen molar-refractivity contribution in [1.82, 2.24) is 4.90 Å². The Morgan fingerprint density at radius 2 is 1.72 bits per heavy atom. The molecular weight excluding hydrogens is 464 g/mol. The summed E-state index contributed by atoms with van der Waals surface area (Å²) in [6.45, 7) is 4.83. The normalized spacial score (nSPS) is 22.4. The van der Waals surface area contributed by atoms with Gasteiger partial charge >= 0.3 is 18.0 Å². The molecule has 2 aliphatic rings. The Hall–Kier alpha value is -3.88. The predicted octanol–water partition coefficient (Wildman–Crippen LogP) is 3.71. The van der Waals surface area contributed by atoms with Crippen LogP contribution >= 0.6 is 0 Å². The molecule has 0 spiro atoms. The number of cyclic esters (lactones) is 1. The molecule has 0 bridgehead atoms. The average molecular weight is 495 g/mol. The molecule has 190 valence electrons. The average Bonchev–Trinajstić information content (AvgIpc) is 2.95. The largest absolute Gasteiger partial charge is 0.480 e. The third kappa shape index (κ3) is 5.35. The van der Waals surface area contributed by atoms with E-state index in [1.54, 1.807) is 57.2 Å². The monoisotopic (exact) mass is 494 g/mol. The zero-order valence-electron chi connectivity index (χ0n) is 20.5. The lowest BCUT2D eigenvalue weighted by Crippen LogP contribution is -2.60. The van der Waals surface area contributed by atoms with Gasteiger partial charge in [-0.25, -0.2) is 9.59 Å². The van der Waals surface area contributed by atoms with Crippen LogP contribution in [0.1, 0.15) is 50.8 Å². The van der Waals surface area contributed by atoms with E-state index in [-0.39, 0.29) is 19.4 Å². The van der Waals surface area contributed by atoms with Crippen LogP contribution in [0.3, 0.4) is 0 Å². The molecular formula is C27H30N2O7. The van der Waals surface area contributed by atoms with Crippen LogP contribution in [0.2, 0.25) is 0 Å². The number of amides is 2. The zero-order valence-corrected chi connectivity index (χ0v) is 20.5. The second kappa shape index (κ2) is 10.0. The Bertz CT molecular complexity index is 1160. The van der Waals surface area contributed by atoms with Crippen molar-refractivity contribution in [2.75, 3.05) is 11.4 Å². The van der Waals surface area contributed by atoms with Gasteiger partial charge in [0, 0.05) is 12.1 Å². The molecule has 2 amide bonds. The summed E-state index contributed by atoms with van der Waals surface area (Å²) in [7, 11) is 0. The van der Waals surface area contributed by atoms with Crippen molar-refractivity contribution in [1.29, 1.82) is 0 Å². The van der Waals surface area contributed by atoms with Gasteiger partial charge in [-0.2, -0.15) is 0 Å². The molecule has 0 saturated carbocycles. The number of aryl methyl sites for hydroxylation is 1. The summed E-state index contributed by atoms with van der Waals surface area (Å²) < 4.78 is 11.1. The van der Waals surface area contributed by atoms with Crippen LogP contribution in [0.15, 0.2) is 54.6 Å². The number of hydrogen-bond acceptors (Lipinski definition) is 6. The summed E-state index contributed by atoms with van der Waals surface area (Å²) >= 11 is 0. The van der Waals surface area contributed by atoms with Gasteiger partial charge < -0.3 is 14.6 Å². The highest BCUT2D eigenvalue weighted by atomic mass is 16.6. The molecule has 2 heterocycles. The van der Waals surface area contributed by atoms with Gasteiger partial charge in [0.05, 0.1) is 0 Å². The molecule has 3 atom stereocenters. The lowest BCUT2D eigenvalue weighted by molar-refractivity contribution is -0.154. The molecule has 9 heteroatoms. The second-order valence-corrected chi connectivity index (χ2v) is 9.97. The Morgan fingerprint density at radius 3 is 2.39 bits per heavy atom. The van der Waals surface area contributed by atoms with E-state index in [0.29, 0.717) is 17.7 Å². The van der Waals surface area contributed by atoms with Crippen molar-refractivity contribution in [2.24, 2.45) is 0 Å². The number of aliphatic carboxylic acids is 1. The number of hydrogen-bond donors (Lipinski definition) is 1. The number of nitrogens with zero attached hydrogens (tertiary/aromatic N) is 2. The minimum atomic E-state index is -1.27. The maximum Gasteiger partial charge on any atom is 0.411 e. The molecule has 0 aromatic heterocycles. The molecule has 0 radical (unpaired) electrons. The van der Waals surface area contributed by atoms with Crippen LogP contribution in [-0.4, -0.2) is 58.2 Å². The van der Waals surface area contributed by atoms with Gasteiger partial charge in [-0.05, 0) is 50.8 Å². The van der Waals surface area contributed by atoms with Crippen LogP contribution in [0.5, 0.6) is 0 Å². The molecule has 1 fully saturated rings. The lowest BCUT2D eigenvalue weighted by Gasteiger charge is -2.41. The Kier molecular flexibility index (Phi) is 7.01. The van der Waals surface area contributed by atoms with E-state index in [4.69, 9.17) is 9.47 Å². The SMILES string of the molecule is CC(C)(C)OC(=O)CN1C(=O)C(N2C(=O)OC(c3ccccc3)CC2C(=O)O)CCc2ccccc21. The molecule has 4 rings (SSSR count). The predicted molar refractivity (Wildman–Crippen MR) is 130 cm³/mol. The summed E-state index contributed by atoms with van der Waals surface area (Å²) in [5.41, 5.74) is 1.29. The molecule has 2 aliphatic heterocycles. The molecule has 2 aromatic carbocycles. The summed E-state index contributed by atoms with van der Waals surface area (Å²) in [6, 6.07) is 13.7. The molecule has 1 saturated heterocycles. The van der Waals surface area contributed by atoms with Gasteiger partial charge in [-0.3, -0.25) is 19.4 Å². The number of ether oxygens (including phenoxy) is 2.